The summed E-state index contributed by atoms with van der Waals surface area (Å²) < 4.78 is 5.52. The number of benzene rings is 1. The Kier molecular flexibility index (Phi) is 5.19. The average Bonchev–Trinajstić information content (AvgIpc) is 2.20. The standard InChI is InChI=1S/C13H20O2/c1-11(2)7-9-15-10-8-12-3-5-13(14)6-4-12/h3-6,11,14H,7-10H2,1-2H3. The van der Waals surface area contributed by atoms with E-state index in [9.17, 15) is 0 Å². The van der Waals surface area contributed by atoms with Crippen molar-refractivity contribution in [3.05, 3.63) is 29.8 Å². The van der Waals surface area contributed by atoms with Gasteiger partial charge in [-0.2, -0.15) is 0 Å². The lowest BCUT2D eigenvalue weighted by Crippen LogP contribution is -2.02. The van der Waals surface area contributed by atoms with Crippen LogP contribution >= 0.6 is 0 Å². The third-order valence-corrected chi connectivity index (χ3v) is 2.31. The number of hydrogen-bond acceptors (Lipinski definition) is 2. The van der Waals surface area contributed by atoms with Gasteiger partial charge < -0.3 is 9.84 Å². The summed E-state index contributed by atoms with van der Waals surface area (Å²) in [6.45, 7) is 6.00. The summed E-state index contributed by atoms with van der Waals surface area (Å²) in [5.41, 5.74) is 1.21. The molecule has 0 aliphatic heterocycles. The number of hydrogen-bond donors (Lipinski definition) is 1. The molecule has 0 aromatic heterocycles. The molecule has 1 aromatic carbocycles. The Morgan fingerprint density at radius 3 is 2.40 bits per heavy atom. The molecule has 2 heteroatoms. The van der Waals surface area contributed by atoms with E-state index in [1.165, 1.54) is 5.56 Å². The van der Waals surface area contributed by atoms with Gasteiger partial charge in [-0.05, 0) is 36.5 Å². The van der Waals surface area contributed by atoms with Gasteiger partial charge in [-0.3, -0.25) is 0 Å². The summed E-state index contributed by atoms with van der Waals surface area (Å²) in [6, 6.07) is 7.29. The molecule has 0 saturated carbocycles. The van der Waals surface area contributed by atoms with E-state index in [0.717, 1.165) is 26.1 Å². The molecule has 15 heavy (non-hydrogen) atoms. The molecule has 0 fully saturated rings. The molecule has 1 rings (SSSR count). The van der Waals surface area contributed by atoms with Crippen LogP contribution in [0.2, 0.25) is 0 Å². The molecular weight excluding hydrogens is 188 g/mol. The minimum atomic E-state index is 0.319. The normalized spacial score (nSPS) is 10.9. The van der Waals surface area contributed by atoms with Gasteiger partial charge in [-0.25, -0.2) is 0 Å². The fourth-order valence-electron chi connectivity index (χ4n) is 1.27. The van der Waals surface area contributed by atoms with Gasteiger partial charge in [0, 0.05) is 6.61 Å². The number of aromatic hydroxyl groups is 1. The third-order valence-electron chi connectivity index (χ3n) is 2.31. The highest BCUT2D eigenvalue weighted by atomic mass is 16.5. The van der Waals surface area contributed by atoms with Crippen LogP contribution < -0.4 is 0 Å². The molecule has 0 amide bonds. The topological polar surface area (TPSA) is 29.5 Å². The summed E-state index contributed by atoms with van der Waals surface area (Å²) in [6.07, 6.45) is 2.04. The minimum Gasteiger partial charge on any atom is -0.508 e. The van der Waals surface area contributed by atoms with Crippen LogP contribution in [0.15, 0.2) is 24.3 Å². The summed E-state index contributed by atoms with van der Waals surface area (Å²) in [5.74, 6) is 1.03. The average molecular weight is 208 g/mol. The molecule has 0 aliphatic carbocycles. The second-order valence-electron chi connectivity index (χ2n) is 4.21. The van der Waals surface area contributed by atoms with Gasteiger partial charge in [0.2, 0.25) is 0 Å². The van der Waals surface area contributed by atoms with Crippen LogP contribution in [0.1, 0.15) is 25.8 Å². The molecule has 0 heterocycles. The highest BCUT2D eigenvalue weighted by Crippen LogP contribution is 2.10. The molecule has 1 aromatic rings. The quantitative estimate of drug-likeness (QED) is 0.728. The summed E-state index contributed by atoms with van der Waals surface area (Å²) in [7, 11) is 0. The highest BCUT2D eigenvalue weighted by molar-refractivity contribution is 5.25. The predicted octanol–water partition coefficient (Wildman–Crippen LogP) is 3.00. The Morgan fingerprint density at radius 2 is 1.80 bits per heavy atom. The highest BCUT2D eigenvalue weighted by Gasteiger charge is 1.96. The number of phenolic OH excluding ortho intramolecular Hbond substituents is 1. The van der Waals surface area contributed by atoms with Gasteiger partial charge in [0.25, 0.3) is 0 Å². The Labute approximate surface area is 91.9 Å². The van der Waals surface area contributed by atoms with E-state index in [0.29, 0.717) is 11.7 Å². The zero-order valence-electron chi connectivity index (χ0n) is 9.57. The van der Waals surface area contributed by atoms with Crippen molar-refractivity contribution in [2.75, 3.05) is 13.2 Å². The van der Waals surface area contributed by atoms with E-state index in [4.69, 9.17) is 9.84 Å². The maximum absolute atomic E-state index is 9.10. The number of phenols is 1. The van der Waals surface area contributed by atoms with Crippen molar-refractivity contribution in [2.24, 2.45) is 5.92 Å². The summed E-state index contributed by atoms with van der Waals surface area (Å²) >= 11 is 0. The second kappa shape index (κ2) is 6.46. The van der Waals surface area contributed by atoms with Crippen molar-refractivity contribution in [3.8, 4) is 5.75 Å². The van der Waals surface area contributed by atoms with E-state index in [2.05, 4.69) is 13.8 Å². The molecule has 0 saturated heterocycles. The summed E-state index contributed by atoms with van der Waals surface area (Å²) in [5, 5.41) is 9.10. The molecular formula is C13H20O2. The van der Waals surface area contributed by atoms with Gasteiger partial charge in [-0.15, -0.1) is 0 Å². The van der Waals surface area contributed by atoms with Crippen LogP contribution in [-0.2, 0) is 11.2 Å². The van der Waals surface area contributed by atoms with E-state index in [-0.39, 0.29) is 0 Å². The molecule has 1 N–H and O–H groups in total. The maximum Gasteiger partial charge on any atom is 0.115 e. The van der Waals surface area contributed by atoms with E-state index in [1.54, 1.807) is 12.1 Å². The lowest BCUT2D eigenvalue weighted by molar-refractivity contribution is 0.126. The Morgan fingerprint density at radius 1 is 1.13 bits per heavy atom. The first-order valence-electron chi connectivity index (χ1n) is 5.54. The molecule has 84 valence electrons. The Balaban J connectivity index is 2.12. The zero-order chi connectivity index (χ0) is 11.1. The smallest absolute Gasteiger partial charge is 0.115 e. The van der Waals surface area contributed by atoms with Gasteiger partial charge in [0.1, 0.15) is 5.75 Å². The molecule has 0 aliphatic rings. The van der Waals surface area contributed by atoms with Crippen molar-refractivity contribution < 1.29 is 9.84 Å². The van der Waals surface area contributed by atoms with Crippen molar-refractivity contribution in [1.29, 1.82) is 0 Å². The third kappa shape index (κ3) is 5.43. The van der Waals surface area contributed by atoms with Gasteiger partial charge in [-0.1, -0.05) is 26.0 Å². The first-order valence-corrected chi connectivity index (χ1v) is 5.54. The zero-order valence-corrected chi connectivity index (χ0v) is 9.57. The first kappa shape index (κ1) is 12.1. The molecule has 0 spiro atoms. The van der Waals surface area contributed by atoms with Crippen molar-refractivity contribution in [2.45, 2.75) is 26.7 Å². The van der Waals surface area contributed by atoms with Gasteiger partial charge in [0.05, 0.1) is 6.61 Å². The molecule has 0 atom stereocenters. The van der Waals surface area contributed by atoms with Crippen LogP contribution in [-0.4, -0.2) is 18.3 Å². The lowest BCUT2D eigenvalue weighted by Gasteiger charge is -2.06. The van der Waals surface area contributed by atoms with Crippen LogP contribution in [0.5, 0.6) is 5.75 Å². The van der Waals surface area contributed by atoms with Crippen LogP contribution in [0.4, 0.5) is 0 Å². The molecule has 0 unspecified atom stereocenters. The fraction of sp³-hybridized carbons (Fsp3) is 0.538. The molecule has 0 radical (unpaired) electrons. The summed E-state index contributed by atoms with van der Waals surface area (Å²) in [4.78, 5) is 0. The molecule has 0 bridgehead atoms. The number of rotatable bonds is 6. The Bertz CT molecular complexity index is 264. The lowest BCUT2D eigenvalue weighted by atomic mass is 10.1. The first-order chi connectivity index (χ1) is 7.18. The van der Waals surface area contributed by atoms with Crippen molar-refractivity contribution in [3.63, 3.8) is 0 Å². The van der Waals surface area contributed by atoms with Crippen LogP contribution in [0, 0.1) is 5.92 Å². The van der Waals surface area contributed by atoms with E-state index >= 15 is 0 Å². The number of ether oxygens (including phenoxy) is 1. The second-order valence-corrected chi connectivity index (χ2v) is 4.21. The predicted molar refractivity (Wildman–Crippen MR) is 62.1 cm³/mol. The fourth-order valence-corrected chi connectivity index (χ4v) is 1.27. The minimum absolute atomic E-state index is 0.319. The Hall–Kier alpha value is -1.02. The van der Waals surface area contributed by atoms with Crippen molar-refractivity contribution in [1.82, 2.24) is 0 Å². The van der Waals surface area contributed by atoms with Crippen LogP contribution in [0.3, 0.4) is 0 Å². The monoisotopic (exact) mass is 208 g/mol. The molecule has 2 nitrogen and oxygen atoms in total. The SMILES string of the molecule is CC(C)CCOCCc1ccc(O)cc1. The van der Waals surface area contributed by atoms with E-state index in [1.807, 2.05) is 12.1 Å². The van der Waals surface area contributed by atoms with Crippen LogP contribution in [0.25, 0.3) is 0 Å². The van der Waals surface area contributed by atoms with E-state index < -0.39 is 0 Å². The largest absolute Gasteiger partial charge is 0.508 e. The van der Waals surface area contributed by atoms with Crippen molar-refractivity contribution >= 4 is 0 Å². The van der Waals surface area contributed by atoms with Gasteiger partial charge in [0.15, 0.2) is 0 Å². The van der Waals surface area contributed by atoms with Gasteiger partial charge >= 0.3 is 0 Å². The maximum atomic E-state index is 9.10.